The molecule has 6 nitrogen and oxygen atoms in total. The van der Waals surface area contributed by atoms with Crippen molar-refractivity contribution in [2.24, 2.45) is 5.73 Å². The fraction of sp³-hybridized carbons (Fsp3) is 0.615. The molecular formula is C13H21N3O3S. The highest BCUT2D eigenvalue weighted by Gasteiger charge is 2.32. The fourth-order valence-electron chi connectivity index (χ4n) is 2.43. The van der Waals surface area contributed by atoms with Crippen LogP contribution in [-0.2, 0) is 16.6 Å². The SMILES string of the molecule is CC1(O)CCCN(S(=O)(=O)c2cccnc2CN)CC1. The highest BCUT2D eigenvalue weighted by Crippen LogP contribution is 2.26. The van der Waals surface area contributed by atoms with Crippen LogP contribution in [0.2, 0.25) is 0 Å². The van der Waals surface area contributed by atoms with E-state index in [1.54, 1.807) is 13.0 Å². The van der Waals surface area contributed by atoms with Crippen LogP contribution >= 0.6 is 0 Å². The third kappa shape index (κ3) is 3.17. The van der Waals surface area contributed by atoms with E-state index in [-0.39, 0.29) is 11.4 Å². The van der Waals surface area contributed by atoms with Gasteiger partial charge in [-0.2, -0.15) is 4.31 Å². The van der Waals surface area contributed by atoms with Crippen LogP contribution in [0.25, 0.3) is 0 Å². The van der Waals surface area contributed by atoms with Gasteiger partial charge >= 0.3 is 0 Å². The zero-order valence-electron chi connectivity index (χ0n) is 11.6. The highest BCUT2D eigenvalue weighted by molar-refractivity contribution is 7.89. The van der Waals surface area contributed by atoms with E-state index in [1.807, 2.05) is 0 Å². The molecule has 3 N–H and O–H groups in total. The summed E-state index contributed by atoms with van der Waals surface area (Å²) in [7, 11) is -3.60. The number of sulfonamides is 1. The molecule has 1 saturated heterocycles. The summed E-state index contributed by atoms with van der Waals surface area (Å²) < 4.78 is 26.8. The standard InChI is InChI=1S/C13H21N3O3S/c1-13(17)5-3-8-16(9-6-13)20(18,19)12-4-2-7-15-11(12)10-14/h2,4,7,17H,3,5-6,8-10,14H2,1H3. The molecule has 112 valence electrons. The van der Waals surface area contributed by atoms with E-state index in [9.17, 15) is 13.5 Å². The average molecular weight is 299 g/mol. The molecule has 1 aliphatic heterocycles. The molecule has 0 aliphatic carbocycles. The number of nitrogens with zero attached hydrogens (tertiary/aromatic N) is 2. The summed E-state index contributed by atoms with van der Waals surface area (Å²) in [4.78, 5) is 4.20. The van der Waals surface area contributed by atoms with Gasteiger partial charge in [0, 0.05) is 25.8 Å². The van der Waals surface area contributed by atoms with Gasteiger partial charge in [0.1, 0.15) is 4.90 Å². The lowest BCUT2D eigenvalue weighted by Crippen LogP contribution is -2.34. The van der Waals surface area contributed by atoms with Crippen LogP contribution in [0.3, 0.4) is 0 Å². The van der Waals surface area contributed by atoms with E-state index in [1.165, 1.54) is 16.6 Å². The molecule has 1 aromatic rings. The minimum Gasteiger partial charge on any atom is -0.390 e. The molecule has 1 unspecified atom stereocenters. The second-order valence-corrected chi connectivity index (χ2v) is 7.31. The van der Waals surface area contributed by atoms with Crippen LogP contribution in [-0.4, -0.2) is 41.5 Å². The first-order chi connectivity index (χ1) is 9.37. The minimum absolute atomic E-state index is 0.0843. The first-order valence-corrected chi connectivity index (χ1v) is 8.17. The Labute approximate surface area is 119 Å². The number of hydrogen-bond donors (Lipinski definition) is 2. The smallest absolute Gasteiger partial charge is 0.244 e. The van der Waals surface area contributed by atoms with Crippen molar-refractivity contribution in [1.29, 1.82) is 0 Å². The lowest BCUT2D eigenvalue weighted by atomic mass is 9.98. The summed E-state index contributed by atoms with van der Waals surface area (Å²) in [6.07, 6.45) is 3.22. The summed E-state index contributed by atoms with van der Waals surface area (Å²) in [5.41, 5.74) is 5.15. The minimum atomic E-state index is -3.60. The quantitative estimate of drug-likeness (QED) is 0.845. The molecule has 0 spiro atoms. The molecule has 0 amide bonds. The summed E-state index contributed by atoms with van der Waals surface area (Å²) in [5.74, 6) is 0. The van der Waals surface area contributed by atoms with Gasteiger partial charge < -0.3 is 10.8 Å². The Hall–Kier alpha value is -1.02. The number of nitrogens with two attached hydrogens (primary N) is 1. The van der Waals surface area contributed by atoms with Gasteiger partial charge in [-0.1, -0.05) is 0 Å². The van der Waals surface area contributed by atoms with Gasteiger partial charge in [0.15, 0.2) is 0 Å². The first kappa shape index (κ1) is 15.4. The zero-order chi connectivity index (χ0) is 14.8. The molecule has 2 rings (SSSR count). The van der Waals surface area contributed by atoms with Crippen LogP contribution in [0.5, 0.6) is 0 Å². The summed E-state index contributed by atoms with van der Waals surface area (Å²) >= 11 is 0. The third-order valence-corrected chi connectivity index (χ3v) is 5.65. The predicted molar refractivity (Wildman–Crippen MR) is 75.4 cm³/mol. The van der Waals surface area contributed by atoms with Crippen molar-refractivity contribution in [2.75, 3.05) is 13.1 Å². The predicted octanol–water partition coefficient (Wildman–Crippen LogP) is 0.466. The monoisotopic (exact) mass is 299 g/mol. The molecule has 1 aliphatic rings. The van der Waals surface area contributed by atoms with Crippen LogP contribution in [0, 0.1) is 0 Å². The van der Waals surface area contributed by atoms with E-state index >= 15 is 0 Å². The molecule has 7 heteroatoms. The summed E-state index contributed by atoms with van der Waals surface area (Å²) in [5, 5.41) is 10.1. The van der Waals surface area contributed by atoms with E-state index < -0.39 is 15.6 Å². The van der Waals surface area contributed by atoms with E-state index in [2.05, 4.69) is 4.98 Å². The molecule has 1 fully saturated rings. The van der Waals surface area contributed by atoms with Crippen molar-refractivity contribution in [2.45, 2.75) is 43.2 Å². The topological polar surface area (TPSA) is 96.5 Å². The van der Waals surface area contributed by atoms with Crippen molar-refractivity contribution < 1.29 is 13.5 Å². The molecule has 1 aromatic heterocycles. The number of pyridine rings is 1. The molecule has 20 heavy (non-hydrogen) atoms. The Morgan fingerprint density at radius 2 is 2.20 bits per heavy atom. The summed E-state index contributed by atoms with van der Waals surface area (Å²) in [6.45, 7) is 2.56. The second-order valence-electron chi connectivity index (χ2n) is 5.41. The largest absolute Gasteiger partial charge is 0.390 e. The molecule has 0 radical (unpaired) electrons. The number of hydrogen-bond acceptors (Lipinski definition) is 5. The lowest BCUT2D eigenvalue weighted by molar-refractivity contribution is 0.0465. The van der Waals surface area contributed by atoms with E-state index in [0.29, 0.717) is 38.0 Å². The van der Waals surface area contributed by atoms with Crippen LogP contribution in [0.4, 0.5) is 0 Å². The molecule has 1 atom stereocenters. The van der Waals surface area contributed by atoms with E-state index in [0.717, 1.165) is 0 Å². The maximum absolute atomic E-state index is 12.7. The van der Waals surface area contributed by atoms with Crippen molar-refractivity contribution in [3.05, 3.63) is 24.0 Å². The van der Waals surface area contributed by atoms with Gasteiger partial charge in [0.2, 0.25) is 10.0 Å². The van der Waals surface area contributed by atoms with Gasteiger partial charge in [-0.15, -0.1) is 0 Å². The number of rotatable bonds is 3. The van der Waals surface area contributed by atoms with Crippen LogP contribution < -0.4 is 5.73 Å². The Morgan fingerprint density at radius 3 is 2.90 bits per heavy atom. The Bertz CT molecular complexity index is 572. The van der Waals surface area contributed by atoms with Crippen molar-refractivity contribution in [3.8, 4) is 0 Å². The maximum atomic E-state index is 12.7. The number of aliphatic hydroxyl groups is 1. The second kappa shape index (κ2) is 5.77. The molecule has 0 bridgehead atoms. The van der Waals surface area contributed by atoms with Crippen LogP contribution in [0.1, 0.15) is 31.9 Å². The Morgan fingerprint density at radius 1 is 1.45 bits per heavy atom. The Kier molecular flexibility index (Phi) is 4.43. The highest BCUT2D eigenvalue weighted by atomic mass is 32.2. The van der Waals surface area contributed by atoms with Crippen molar-refractivity contribution in [1.82, 2.24) is 9.29 Å². The lowest BCUT2D eigenvalue weighted by Gasteiger charge is -2.22. The molecular weight excluding hydrogens is 278 g/mol. The average Bonchev–Trinajstić information content (AvgIpc) is 2.60. The molecule has 2 heterocycles. The molecule has 0 saturated carbocycles. The number of aromatic nitrogens is 1. The van der Waals surface area contributed by atoms with Gasteiger partial charge in [-0.3, -0.25) is 4.98 Å². The summed E-state index contributed by atoms with van der Waals surface area (Å²) in [6, 6.07) is 3.13. The van der Waals surface area contributed by atoms with Gasteiger partial charge in [-0.25, -0.2) is 8.42 Å². The molecule has 0 aromatic carbocycles. The zero-order valence-corrected chi connectivity index (χ0v) is 12.4. The third-order valence-electron chi connectivity index (χ3n) is 3.68. The van der Waals surface area contributed by atoms with Crippen LogP contribution in [0.15, 0.2) is 23.2 Å². The van der Waals surface area contributed by atoms with Crippen molar-refractivity contribution in [3.63, 3.8) is 0 Å². The van der Waals surface area contributed by atoms with Gasteiger partial charge in [-0.05, 0) is 38.3 Å². The fourth-order valence-corrected chi connectivity index (χ4v) is 4.09. The maximum Gasteiger partial charge on any atom is 0.244 e. The van der Waals surface area contributed by atoms with Crippen molar-refractivity contribution >= 4 is 10.0 Å². The normalized spacial score (nSPS) is 25.4. The first-order valence-electron chi connectivity index (χ1n) is 6.73. The van der Waals surface area contributed by atoms with Gasteiger partial charge in [0.25, 0.3) is 0 Å². The van der Waals surface area contributed by atoms with E-state index in [4.69, 9.17) is 5.73 Å². The van der Waals surface area contributed by atoms with Gasteiger partial charge in [0.05, 0.1) is 11.3 Å². The Balaban J connectivity index is 2.30.